The van der Waals surface area contributed by atoms with Crippen molar-refractivity contribution < 1.29 is 4.42 Å². The van der Waals surface area contributed by atoms with E-state index >= 15 is 0 Å². The molecule has 38 heavy (non-hydrogen) atoms. The van der Waals surface area contributed by atoms with Gasteiger partial charge in [0.25, 0.3) is 0 Å². The molecule has 0 radical (unpaired) electrons. The van der Waals surface area contributed by atoms with Gasteiger partial charge >= 0.3 is 0 Å². The first kappa shape index (κ1) is 20.9. The van der Waals surface area contributed by atoms with Gasteiger partial charge in [0.1, 0.15) is 17.0 Å². The number of fused-ring (bicyclic) bond motifs is 7. The van der Waals surface area contributed by atoms with Crippen LogP contribution in [-0.2, 0) is 0 Å². The van der Waals surface area contributed by atoms with Crippen LogP contribution >= 0.6 is 0 Å². The molecule has 8 rings (SSSR count). The first-order valence-corrected chi connectivity index (χ1v) is 12.7. The molecule has 0 saturated carbocycles. The van der Waals surface area contributed by atoms with Crippen molar-refractivity contribution in [3.63, 3.8) is 0 Å². The molecule has 0 fully saturated rings. The first-order chi connectivity index (χ1) is 18.8. The minimum Gasteiger partial charge on any atom is -0.456 e. The molecular weight excluding hydrogens is 466 g/mol. The smallest absolute Gasteiger partial charge is 0.138 e. The Morgan fingerprint density at radius 3 is 2.32 bits per heavy atom. The molecule has 0 amide bonds. The van der Waals surface area contributed by atoms with Crippen molar-refractivity contribution in [1.29, 1.82) is 0 Å². The van der Waals surface area contributed by atoms with Crippen LogP contribution in [0.25, 0.3) is 56.3 Å². The van der Waals surface area contributed by atoms with Gasteiger partial charge in [0, 0.05) is 27.9 Å². The average Bonchev–Trinajstić information content (AvgIpc) is 3.25. The lowest BCUT2D eigenvalue weighted by Gasteiger charge is -2.28. The van der Waals surface area contributed by atoms with Crippen LogP contribution in [0.3, 0.4) is 0 Å². The van der Waals surface area contributed by atoms with Gasteiger partial charge in [-0.25, -0.2) is 4.98 Å². The lowest BCUT2D eigenvalue weighted by Crippen LogP contribution is -2.14. The molecule has 4 heteroatoms. The van der Waals surface area contributed by atoms with Crippen LogP contribution in [0.1, 0.15) is 11.1 Å². The molecular formula is C34H21N3O. The molecule has 0 bridgehead atoms. The molecule has 0 unspecified atom stereocenters. The summed E-state index contributed by atoms with van der Waals surface area (Å²) in [5, 5.41) is 4.54. The van der Waals surface area contributed by atoms with Gasteiger partial charge in [-0.05, 0) is 53.4 Å². The maximum absolute atomic E-state index is 6.25. The van der Waals surface area contributed by atoms with E-state index in [2.05, 4.69) is 94.8 Å². The second kappa shape index (κ2) is 8.15. The molecule has 0 N–H and O–H groups in total. The molecule has 4 nitrogen and oxygen atoms in total. The van der Waals surface area contributed by atoms with Gasteiger partial charge in [-0.2, -0.15) is 0 Å². The number of benzene rings is 4. The Balaban J connectivity index is 1.46. The zero-order valence-electron chi connectivity index (χ0n) is 20.4. The van der Waals surface area contributed by atoms with Gasteiger partial charge in [-0.1, -0.05) is 78.9 Å². The largest absolute Gasteiger partial charge is 0.456 e. The van der Waals surface area contributed by atoms with E-state index in [-0.39, 0.29) is 0 Å². The van der Waals surface area contributed by atoms with Crippen molar-refractivity contribution in [1.82, 2.24) is 9.97 Å². The second-order valence-corrected chi connectivity index (χ2v) is 9.49. The lowest BCUT2D eigenvalue weighted by molar-refractivity contribution is 0.669. The van der Waals surface area contributed by atoms with Gasteiger partial charge in [0.05, 0.1) is 22.8 Å². The molecule has 0 aliphatic carbocycles. The van der Waals surface area contributed by atoms with Crippen molar-refractivity contribution in [2.24, 2.45) is 0 Å². The Labute approximate surface area is 219 Å². The maximum Gasteiger partial charge on any atom is 0.138 e. The Hall–Kier alpha value is -5.22. The van der Waals surface area contributed by atoms with Crippen LogP contribution in [0.2, 0.25) is 0 Å². The molecule has 178 valence electrons. The van der Waals surface area contributed by atoms with Crippen molar-refractivity contribution >= 4 is 62.1 Å². The van der Waals surface area contributed by atoms with Crippen LogP contribution in [0.4, 0.5) is 17.2 Å². The first-order valence-electron chi connectivity index (χ1n) is 12.7. The number of nitrogens with zero attached hydrogens (tertiary/aromatic N) is 3. The van der Waals surface area contributed by atoms with E-state index in [0.717, 1.165) is 61.6 Å². The monoisotopic (exact) mass is 487 g/mol. The highest BCUT2D eigenvalue weighted by atomic mass is 16.3. The SMILES string of the molecule is C1=Cc2ccc3ccccc3c2N(c2cccc(-c3ccccn3)n2)c2cc3c(cc21)oc1ccccc13. The average molecular weight is 488 g/mol. The Kier molecular flexibility index (Phi) is 4.49. The van der Waals surface area contributed by atoms with Crippen LogP contribution in [-0.4, -0.2) is 9.97 Å². The predicted molar refractivity (Wildman–Crippen MR) is 156 cm³/mol. The Morgan fingerprint density at radius 2 is 1.39 bits per heavy atom. The summed E-state index contributed by atoms with van der Waals surface area (Å²) in [4.78, 5) is 12.0. The lowest BCUT2D eigenvalue weighted by atomic mass is 10.0. The predicted octanol–water partition coefficient (Wildman–Crippen LogP) is 9.15. The topological polar surface area (TPSA) is 42.2 Å². The third-order valence-electron chi connectivity index (χ3n) is 7.26. The van der Waals surface area contributed by atoms with E-state index < -0.39 is 0 Å². The Morgan fingerprint density at radius 1 is 0.579 bits per heavy atom. The van der Waals surface area contributed by atoms with Crippen molar-refractivity contribution in [2.75, 3.05) is 4.90 Å². The number of anilines is 3. The molecule has 0 atom stereocenters. The zero-order valence-corrected chi connectivity index (χ0v) is 20.4. The molecule has 4 aromatic carbocycles. The zero-order chi connectivity index (χ0) is 25.1. The van der Waals surface area contributed by atoms with Gasteiger partial charge in [-0.15, -0.1) is 0 Å². The van der Waals surface area contributed by atoms with Crippen LogP contribution in [0, 0.1) is 0 Å². The fraction of sp³-hybridized carbons (Fsp3) is 0. The number of rotatable bonds is 2. The third kappa shape index (κ3) is 3.17. The van der Waals surface area contributed by atoms with Gasteiger partial charge < -0.3 is 4.42 Å². The van der Waals surface area contributed by atoms with Crippen LogP contribution in [0.5, 0.6) is 0 Å². The second-order valence-electron chi connectivity index (χ2n) is 9.49. The number of hydrogen-bond acceptors (Lipinski definition) is 4. The highest BCUT2D eigenvalue weighted by molar-refractivity contribution is 6.11. The van der Waals surface area contributed by atoms with Crippen LogP contribution < -0.4 is 4.90 Å². The molecule has 1 aliphatic heterocycles. The summed E-state index contributed by atoms with van der Waals surface area (Å²) < 4.78 is 6.25. The molecule has 3 aromatic heterocycles. The van der Waals surface area contributed by atoms with E-state index in [1.54, 1.807) is 6.20 Å². The minimum absolute atomic E-state index is 0.832. The van der Waals surface area contributed by atoms with Crippen molar-refractivity contribution in [2.45, 2.75) is 0 Å². The standard InChI is InChI=1S/C34H21N3O/c1-2-9-25-22(8-1)15-16-23-17-18-24-20-32-27(26-10-3-4-13-31(26)38-32)21-30(24)37(34(23)25)33-14-7-12-29(36-33)28-11-5-6-19-35-28/h1-21H. The Bertz CT molecular complexity index is 2040. The number of aromatic nitrogens is 2. The number of para-hydroxylation sites is 1. The quantitative estimate of drug-likeness (QED) is 0.244. The van der Waals surface area contributed by atoms with Gasteiger partial charge in [0.2, 0.25) is 0 Å². The summed E-state index contributed by atoms with van der Waals surface area (Å²) in [5.74, 6) is 0.836. The fourth-order valence-electron chi connectivity index (χ4n) is 5.50. The van der Waals surface area contributed by atoms with E-state index in [9.17, 15) is 0 Å². The normalized spacial score (nSPS) is 12.6. The van der Waals surface area contributed by atoms with Gasteiger partial charge in [-0.3, -0.25) is 9.88 Å². The summed E-state index contributed by atoms with van der Waals surface area (Å²) >= 11 is 0. The molecule has 7 aromatic rings. The molecule has 1 aliphatic rings. The van der Waals surface area contributed by atoms with Crippen LogP contribution in [0.15, 0.2) is 120 Å². The maximum atomic E-state index is 6.25. The van der Waals surface area contributed by atoms with E-state index in [1.165, 1.54) is 10.8 Å². The number of hydrogen-bond donors (Lipinski definition) is 0. The van der Waals surface area contributed by atoms with Gasteiger partial charge in [0.15, 0.2) is 0 Å². The highest BCUT2D eigenvalue weighted by Gasteiger charge is 2.25. The summed E-state index contributed by atoms with van der Waals surface area (Å²) in [6.45, 7) is 0. The minimum atomic E-state index is 0.832. The molecule has 4 heterocycles. The molecule has 0 saturated heterocycles. The summed E-state index contributed by atoms with van der Waals surface area (Å²) in [6.07, 6.45) is 6.17. The summed E-state index contributed by atoms with van der Waals surface area (Å²) in [5.41, 5.74) is 7.81. The third-order valence-corrected chi connectivity index (χ3v) is 7.26. The highest BCUT2D eigenvalue weighted by Crippen LogP contribution is 2.47. The summed E-state index contributed by atoms with van der Waals surface area (Å²) in [7, 11) is 0. The number of furan rings is 1. The van der Waals surface area contributed by atoms with Crippen molar-refractivity contribution in [3.05, 3.63) is 127 Å². The summed E-state index contributed by atoms with van der Waals surface area (Å²) in [6, 6.07) is 37.6. The number of pyridine rings is 2. The van der Waals surface area contributed by atoms with E-state index in [4.69, 9.17) is 9.40 Å². The van der Waals surface area contributed by atoms with E-state index in [1.807, 2.05) is 36.4 Å². The fourth-order valence-corrected chi connectivity index (χ4v) is 5.50. The molecule has 0 spiro atoms. The van der Waals surface area contributed by atoms with Crippen molar-refractivity contribution in [3.8, 4) is 11.4 Å². The van der Waals surface area contributed by atoms with E-state index in [0.29, 0.717) is 0 Å².